The highest BCUT2D eigenvalue weighted by molar-refractivity contribution is 14.1. The second-order valence-corrected chi connectivity index (χ2v) is 4.39. The van der Waals surface area contributed by atoms with Crippen LogP contribution in [0, 0.1) is 10.5 Å². The van der Waals surface area contributed by atoms with Crippen LogP contribution in [0.3, 0.4) is 0 Å². The van der Waals surface area contributed by atoms with Gasteiger partial charge in [0.15, 0.2) is 0 Å². The Kier molecular flexibility index (Phi) is 6.16. The van der Waals surface area contributed by atoms with E-state index in [0.717, 1.165) is 9.13 Å². The first-order chi connectivity index (χ1) is 6.50. The van der Waals surface area contributed by atoms with Crippen LogP contribution < -0.4 is 5.73 Å². The monoisotopic (exact) mass is 341 g/mol. The lowest BCUT2D eigenvalue weighted by Crippen LogP contribution is -2.32. The number of hydrogen-bond acceptors (Lipinski definition) is 2. The molecule has 15 heavy (non-hydrogen) atoms. The first kappa shape index (κ1) is 14.7. The Bertz CT molecular complexity index is 357. The second kappa shape index (κ2) is 6.30. The molecule has 3 N–H and O–H groups in total. The molecular formula is C10H13ClINO2. The van der Waals surface area contributed by atoms with Gasteiger partial charge in [0.1, 0.15) is 6.04 Å². The number of hydrogen-bond donors (Lipinski definition) is 2. The minimum absolute atomic E-state index is 0. The van der Waals surface area contributed by atoms with Gasteiger partial charge in [-0.25, -0.2) is 0 Å². The minimum atomic E-state index is -0.958. The predicted octanol–water partition coefficient (Wildman–Crippen LogP) is 1.98. The van der Waals surface area contributed by atoms with E-state index in [1.54, 1.807) is 0 Å². The van der Waals surface area contributed by atoms with Gasteiger partial charge in [-0.3, -0.25) is 4.79 Å². The molecule has 0 radical (unpaired) electrons. The molecule has 0 heterocycles. The van der Waals surface area contributed by atoms with Crippen molar-refractivity contribution < 1.29 is 9.90 Å². The van der Waals surface area contributed by atoms with Gasteiger partial charge in [0.2, 0.25) is 0 Å². The summed E-state index contributed by atoms with van der Waals surface area (Å²) in [4.78, 5) is 10.5. The third-order valence-corrected chi connectivity index (χ3v) is 3.17. The number of aliphatic carboxylic acids is 1. The number of aryl methyl sites for hydroxylation is 1. The number of nitrogens with two attached hydrogens (primary N) is 1. The van der Waals surface area contributed by atoms with Crippen molar-refractivity contribution in [3.8, 4) is 0 Å². The van der Waals surface area contributed by atoms with Crippen molar-refractivity contribution in [1.82, 2.24) is 0 Å². The number of carbonyl (C=O) groups is 1. The molecule has 1 aromatic rings. The Morgan fingerprint density at radius 3 is 2.67 bits per heavy atom. The molecule has 0 aromatic heterocycles. The molecule has 0 spiro atoms. The summed E-state index contributed by atoms with van der Waals surface area (Å²) in [6.45, 7) is 2.02. The van der Waals surface area contributed by atoms with E-state index in [0.29, 0.717) is 6.42 Å². The third kappa shape index (κ3) is 4.36. The Hall–Kier alpha value is -0.330. The van der Waals surface area contributed by atoms with Crippen molar-refractivity contribution in [1.29, 1.82) is 0 Å². The van der Waals surface area contributed by atoms with Crippen LogP contribution in [0.4, 0.5) is 0 Å². The lowest BCUT2D eigenvalue weighted by atomic mass is 10.1. The van der Waals surface area contributed by atoms with Crippen LogP contribution >= 0.6 is 35.0 Å². The summed E-state index contributed by atoms with van der Waals surface area (Å²) in [7, 11) is 0. The van der Waals surface area contributed by atoms with Crippen LogP contribution in [-0.4, -0.2) is 17.1 Å². The first-order valence-corrected chi connectivity index (χ1v) is 5.32. The number of rotatable bonds is 3. The maximum atomic E-state index is 10.5. The van der Waals surface area contributed by atoms with Gasteiger partial charge in [-0.15, -0.1) is 12.4 Å². The zero-order valence-electron chi connectivity index (χ0n) is 8.24. The predicted molar refractivity (Wildman–Crippen MR) is 70.5 cm³/mol. The van der Waals surface area contributed by atoms with E-state index in [1.165, 1.54) is 5.56 Å². The standard InChI is InChI=1S/C10H12INO2.ClH/c1-6-2-3-7(4-8(6)11)5-9(12)10(13)14;/h2-4,9H,5,12H2,1H3,(H,13,14);1H/t9-;/m0./s1. The third-order valence-electron chi connectivity index (χ3n) is 2.01. The fourth-order valence-corrected chi connectivity index (χ4v) is 1.68. The lowest BCUT2D eigenvalue weighted by Gasteiger charge is -2.07. The number of benzene rings is 1. The molecule has 1 aromatic carbocycles. The van der Waals surface area contributed by atoms with Crippen LogP contribution in [0.25, 0.3) is 0 Å². The second-order valence-electron chi connectivity index (χ2n) is 3.23. The van der Waals surface area contributed by atoms with Crippen molar-refractivity contribution in [2.24, 2.45) is 5.73 Å². The molecule has 0 saturated carbocycles. The average molecular weight is 342 g/mol. The molecular weight excluding hydrogens is 328 g/mol. The summed E-state index contributed by atoms with van der Waals surface area (Å²) < 4.78 is 1.14. The van der Waals surface area contributed by atoms with Crippen LogP contribution in [0.15, 0.2) is 18.2 Å². The smallest absolute Gasteiger partial charge is 0.320 e. The van der Waals surface area contributed by atoms with Gasteiger partial charge in [-0.1, -0.05) is 12.1 Å². The number of halogens is 2. The number of carboxylic acid groups (broad SMARTS) is 1. The van der Waals surface area contributed by atoms with E-state index in [1.807, 2.05) is 25.1 Å². The van der Waals surface area contributed by atoms with Gasteiger partial charge in [0, 0.05) is 3.57 Å². The zero-order valence-corrected chi connectivity index (χ0v) is 11.2. The molecule has 0 unspecified atom stereocenters. The average Bonchev–Trinajstić information content (AvgIpc) is 2.11. The normalized spacial score (nSPS) is 11.7. The first-order valence-electron chi connectivity index (χ1n) is 4.24. The molecule has 0 amide bonds. The van der Waals surface area contributed by atoms with Crippen molar-refractivity contribution in [2.45, 2.75) is 19.4 Å². The summed E-state index contributed by atoms with van der Waals surface area (Å²) in [6.07, 6.45) is 0.381. The van der Waals surface area contributed by atoms with Crippen molar-refractivity contribution >= 4 is 41.0 Å². The molecule has 0 fully saturated rings. The van der Waals surface area contributed by atoms with Gasteiger partial charge in [0.25, 0.3) is 0 Å². The fraction of sp³-hybridized carbons (Fsp3) is 0.300. The maximum Gasteiger partial charge on any atom is 0.320 e. The zero-order chi connectivity index (χ0) is 10.7. The highest BCUT2D eigenvalue weighted by Gasteiger charge is 2.12. The van der Waals surface area contributed by atoms with Gasteiger partial charge in [0.05, 0.1) is 0 Å². The van der Waals surface area contributed by atoms with E-state index < -0.39 is 12.0 Å². The van der Waals surface area contributed by atoms with E-state index in [9.17, 15) is 4.79 Å². The summed E-state index contributed by atoms with van der Waals surface area (Å²) in [5.74, 6) is -0.958. The molecule has 1 atom stereocenters. The van der Waals surface area contributed by atoms with Gasteiger partial charge >= 0.3 is 5.97 Å². The van der Waals surface area contributed by atoms with Crippen molar-refractivity contribution in [3.63, 3.8) is 0 Å². The molecule has 0 aliphatic carbocycles. The van der Waals surface area contributed by atoms with E-state index in [4.69, 9.17) is 10.8 Å². The lowest BCUT2D eigenvalue weighted by molar-refractivity contribution is -0.138. The fourth-order valence-electron chi connectivity index (χ4n) is 1.10. The van der Waals surface area contributed by atoms with Crippen LogP contribution in [-0.2, 0) is 11.2 Å². The molecule has 0 aliphatic heterocycles. The van der Waals surface area contributed by atoms with Gasteiger partial charge in [-0.2, -0.15) is 0 Å². The SMILES string of the molecule is Cc1ccc(C[C@H](N)C(=O)O)cc1I.Cl. The summed E-state index contributed by atoms with van der Waals surface area (Å²) in [6, 6.07) is 5.05. The summed E-state index contributed by atoms with van der Waals surface area (Å²) >= 11 is 2.23. The topological polar surface area (TPSA) is 63.3 Å². The van der Waals surface area contributed by atoms with Gasteiger partial charge in [-0.05, 0) is 53.1 Å². The quantitative estimate of drug-likeness (QED) is 0.826. The Morgan fingerprint density at radius 2 is 2.20 bits per heavy atom. The van der Waals surface area contributed by atoms with E-state index in [-0.39, 0.29) is 12.4 Å². The molecule has 3 nitrogen and oxygen atoms in total. The molecule has 0 bridgehead atoms. The van der Waals surface area contributed by atoms with Crippen LogP contribution in [0.2, 0.25) is 0 Å². The molecule has 5 heteroatoms. The highest BCUT2D eigenvalue weighted by atomic mass is 127. The molecule has 0 aliphatic rings. The Labute approximate surface area is 109 Å². The number of carboxylic acids is 1. The molecule has 0 saturated heterocycles. The molecule has 1 rings (SSSR count). The van der Waals surface area contributed by atoms with E-state index >= 15 is 0 Å². The Morgan fingerprint density at radius 1 is 1.60 bits per heavy atom. The minimum Gasteiger partial charge on any atom is -0.480 e. The molecule has 84 valence electrons. The van der Waals surface area contributed by atoms with Crippen molar-refractivity contribution in [2.75, 3.05) is 0 Å². The van der Waals surface area contributed by atoms with Crippen LogP contribution in [0.5, 0.6) is 0 Å². The maximum absolute atomic E-state index is 10.5. The van der Waals surface area contributed by atoms with Crippen LogP contribution in [0.1, 0.15) is 11.1 Å². The highest BCUT2D eigenvalue weighted by Crippen LogP contribution is 2.14. The summed E-state index contributed by atoms with van der Waals surface area (Å²) in [5, 5.41) is 8.64. The van der Waals surface area contributed by atoms with Gasteiger partial charge < -0.3 is 10.8 Å². The Balaban J connectivity index is 0.00000196. The largest absolute Gasteiger partial charge is 0.480 e. The van der Waals surface area contributed by atoms with E-state index in [2.05, 4.69) is 22.6 Å². The van der Waals surface area contributed by atoms with Crippen molar-refractivity contribution in [3.05, 3.63) is 32.9 Å². The summed E-state index contributed by atoms with van der Waals surface area (Å²) in [5.41, 5.74) is 7.59.